The molecule has 11 nitrogen and oxygen atoms in total. The number of nitrogens with zero attached hydrogens (tertiary/aromatic N) is 4. The van der Waals surface area contributed by atoms with Gasteiger partial charge in [-0.25, -0.2) is 14.3 Å². The van der Waals surface area contributed by atoms with Crippen LogP contribution in [0.1, 0.15) is 36.7 Å². The molecule has 208 valence electrons. The monoisotopic (exact) mass is 546 g/mol. The Bertz CT molecular complexity index is 1520. The molecular weight excluding hydrogens is 516 g/mol. The van der Waals surface area contributed by atoms with E-state index in [1.54, 1.807) is 35.0 Å². The summed E-state index contributed by atoms with van der Waals surface area (Å²) in [7, 11) is 4.60. The number of unbranched alkanes of at least 4 members (excludes halogenated alkanes) is 1. The second-order valence-corrected chi connectivity index (χ2v) is 8.83. The molecule has 0 spiro atoms. The van der Waals surface area contributed by atoms with Crippen molar-refractivity contribution in [2.45, 2.75) is 32.6 Å². The Labute approximate surface area is 231 Å². The normalized spacial score (nSPS) is 11.3. The number of hydrogen-bond donors (Lipinski definition) is 0. The highest BCUT2D eigenvalue weighted by Gasteiger charge is 2.21. The van der Waals surface area contributed by atoms with Crippen molar-refractivity contribution >= 4 is 22.9 Å². The van der Waals surface area contributed by atoms with Crippen LogP contribution >= 0.6 is 0 Å². The molecule has 0 radical (unpaired) electrons. The Hall–Kier alpha value is -4.93. The van der Waals surface area contributed by atoms with Crippen LogP contribution in [0.3, 0.4) is 0 Å². The van der Waals surface area contributed by atoms with E-state index in [2.05, 4.69) is 17.0 Å². The van der Waals surface area contributed by atoms with Crippen LogP contribution in [0.25, 0.3) is 11.2 Å². The van der Waals surface area contributed by atoms with E-state index < -0.39 is 10.9 Å². The Morgan fingerprint density at radius 1 is 1.02 bits per heavy atom. The maximum atomic E-state index is 13.6. The van der Waals surface area contributed by atoms with E-state index >= 15 is 0 Å². The van der Waals surface area contributed by atoms with Gasteiger partial charge in [-0.2, -0.15) is 5.10 Å². The van der Waals surface area contributed by atoms with Gasteiger partial charge in [0.15, 0.2) is 17.1 Å². The molecule has 2 aromatic heterocycles. The van der Waals surface area contributed by atoms with Crippen molar-refractivity contribution < 1.29 is 28.7 Å². The third-order valence-electron chi connectivity index (χ3n) is 6.22. The molecule has 0 atom stereocenters. The predicted octanol–water partition coefficient (Wildman–Crippen LogP) is 5.24. The average molecular weight is 547 g/mol. The number of allylic oxidation sites excluding steroid dienone is 1. The van der Waals surface area contributed by atoms with E-state index in [1.165, 1.54) is 45.6 Å². The summed E-state index contributed by atoms with van der Waals surface area (Å²) in [6.07, 6.45) is 6.35. The van der Waals surface area contributed by atoms with Crippen LogP contribution in [0.15, 0.2) is 60.8 Å². The molecule has 0 aliphatic heterocycles. The molecule has 2 aromatic carbocycles. The lowest BCUT2D eigenvalue weighted by Crippen LogP contribution is -2.15. The Morgan fingerprint density at radius 3 is 2.33 bits per heavy atom. The van der Waals surface area contributed by atoms with Gasteiger partial charge in [0, 0.05) is 23.9 Å². The Kier molecular flexibility index (Phi) is 8.95. The summed E-state index contributed by atoms with van der Waals surface area (Å²) >= 11 is 0. The zero-order valence-corrected chi connectivity index (χ0v) is 22.7. The molecule has 11 heteroatoms. The van der Waals surface area contributed by atoms with Crippen LogP contribution in [-0.4, -0.2) is 46.8 Å². The molecule has 0 fully saturated rings. The average Bonchev–Trinajstić information content (AvgIpc) is 3.44. The number of hydrogen-bond acceptors (Lipinski definition) is 9. The van der Waals surface area contributed by atoms with Crippen LogP contribution in [0.5, 0.6) is 23.0 Å². The number of esters is 1. The highest BCUT2D eigenvalue weighted by atomic mass is 16.6. The van der Waals surface area contributed by atoms with Gasteiger partial charge in [0.05, 0.1) is 43.7 Å². The first kappa shape index (κ1) is 28.1. The van der Waals surface area contributed by atoms with Crippen LogP contribution in [0, 0.1) is 10.1 Å². The number of aryl methyl sites for hydroxylation is 1. The minimum absolute atomic E-state index is 0.106. The lowest BCUT2D eigenvalue weighted by molar-refractivity contribution is -0.384. The smallest absolute Gasteiger partial charge is 0.345 e. The third-order valence-corrected chi connectivity index (χ3v) is 6.22. The molecule has 2 heterocycles. The van der Waals surface area contributed by atoms with Gasteiger partial charge >= 0.3 is 5.97 Å². The van der Waals surface area contributed by atoms with Gasteiger partial charge in [0.1, 0.15) is 5.75 Å². The third kappa shape index (κ3) is 6.20. The number of fused-ring (bicyclic) bond motifs is 1. The van der Waals surface area contributed by atoms with E-state index in [9.17, 15) is 14.9 Å². The van der Waals surface area contributed by atoms with E-state index in [4.69, 9.17) is 18.9 Å². The molecule has 0 unspecified atom stereocenters. The molecule has 4 aromatic rings. The first-order chi connectivity index (χ1) is 19.4. The van der Waals surface area contributed by atoms with Crippen LogP contribution in [0.4, 0.5) is 5.69 Å². The number of nitro benzene ring substituents is 1. The Morgan fingerprint density at radius 2 is 1.73 bits per heavy atom. The van der Waals surface area contributed by atoms with E-state index in [0.29, 0.717) is 35.0 Å². The molecule has 0 amide bonds. The number of methoxy groups -OCH3 is 3. The zero-order valence-electron chi connectivity index (χ0n) is 22.7. The maximum absolute atomic E-state index is 13.6. The lowest BCUT2D eigenvalue weighted by atomic mass is 10.0. The van der Waals surface area contributed by atoms with Crippen LogP contribution < -0.4 is 18.9 Å². The second-order valence-electron chi connectivity index (χ2n) is 8.83. The highest BCUT2D eigenvalue weighted by molar-refractivity contribution is 6.16. The fourth-order valence-electron chi connectivity index (χ4n) is 4.21. The molecule has 0 saturated carbocycles. The molecule has 0 N–H and O–H groups in total. The van der Waals surface area contributed by atoms with Crippen molar-refractivity contribution in [2.75, 3.05) is 21.3 Å². The first-order valence-corrected chi connectivity index (χ1v) is 12.7. The maximum Gasteiger partial charge on any atom is 0.345 e. The molecule has 4 rings (SSSR count). The number of aromatic nitrogens is 3. The number of carbonyl (C=O) groups excluding carboxylic acids is 1. The minimum Gasteiger partial charge on any atom is -0.493 e. The van der Waals surface area contributed by atoms with Crippen molar-refractivity contribution in [3.63, 3.8) is 0 Å². The number of benzene rings is 2. The number of carbonyl (C=O) groups is 1. The predicted molar refractivity (Wildman–Crippen MR) is 148 cm³/mol. The van der Waals surface area contributed by atoms with Gasteiger partial charge in [-0.05, 0) is 55.2 Å². The number of non-ortho nitro benzene ring substituents is 1. The summed E-state index contributed by atoms with van der Waals surface area (Å²) in [6.45, 7) is 2.10. The van der Waals surface area contributed by atoms with Gasteiger partial charge < -0.3 is 18.9 Å². The highest BCUT2D eigenvalue weighted by Crippen LogP contribution is 2.38. The zero-order chi connectivity index (χ0) is 28.6. The molecule has 0 aliphatic rings. The topological polar surface area (TPSA) is 127 Å². The van der Waals surface area contributed by atoms with Crippen LogP contribution in [0.2, 0.25) is 0 Å². The van der Waals surface area contributed by atoms with Gasteiger partial charge in [-0.1, -0.05) is 19.4 Å². The fourth-order valence-corrected chi connectivity index (χ4v) is 4.21. The van der Waals surface area contributed by atoms with Crippen molar-refractivity contribution in [3.05, 3.63) is 87.9 Å². The molecule has 0 bridgehead atoms. The fraction of sp³-hybridized carbons (Fsp3) is 0.276. The summed E-state index contributed by atoms with van der Waals surface area (Å²) in [6, 6.07) is 12.6. The number of rotatable bonds is 12. The van der Waals surface area contributed by atoms with Crippen molar-refractivity contribution in [2.24, 2.45) is 0 Å². The van der Waals surface area contributed by atoms with Crippen molar-refractivity contribution in [3.8, 4) is 23.0 Å². The van der Waals surface area contributed by atoms with Gasteiger partial charge in [0.2, 0.25) is 5.75 Å². The second kappa shape index (κ2) is 12.7. The largest absolute Gasteiger partial charge is 0.493 e. The SMILES string of the molecule is CCCCc1cc(/C(=C\Cc2cc(OC)c(OC)c(OC)c2)C(=O)Oc2ccc([N+](=O)[O-])cc2)n2nccc2n1. The quantitative estimate of drug-likeness (QED) is 0.0771. The minimum atomic E-state index is -0.647. The molecular formula is C29H30N4O7. The number of ether oxygens (including phenoxy) is 4. The number of nitro groups is 1. The van der Waals surface area contributed by atoms with E-state index in [-0.39, 0.29) is 17.0 Å². The van der Waals surface area contributed by atoms with E-state index in [1.807, 2.05) is 6.07 Å². The molecule has 0 saturated heterocycles. The lowest BCUT2D eigenvalue weighted by Gasteiger charge is -2.14. The van der Waals surface area contributed by atoms with Gasteiger partial charge in [-0.3, -0.25) is 10.1 Å². The molecule has 40 heavy (non-hydrogen) atoms. The summed E-state index contributed by atoms with van der Waals surface area (Å²) in [5, 5.41) is 15.4. The summed E-state index contributed by atoms with van der Waals surface area (Å²) in [5.41, 5.74) is 2.89. The van der Waals surface area contributed by atoms with Gasteiger partial charge in [0.25, 0.3) is 5.69 Å². The van der Waals surface area contributed by atoms with Crippen LogP contribution in [-0.2, 0) is 17.6 Å². The first-order valence-electron chi connectivity index (χ1n) is 12.7. The van der Waals surface area contributed by atoms with Crippen molar-refractivity contribution in [1.82, 2.24) is 14.6 Å². The van der Waals surface area contributed by atoms with Gasteiger partial charge in [-0.15, -0.1) is 0 Å². The van der Waals surface area contributed by atoms with E-state index in [0.717, 1.165) is 30.5 Å². The molecule has 0 aliphatic carbocycles. The summed E-state index contributed by atoms with van der Waals surface area (Å²) < 4.78 is 23.6. The Balaban J connectivity index is 1.78. The summed E-state index contributed by atoms with van der Waals surface area (Å²) in [4.78, 5) is 28.8. The standard InChI is InChI=1S/C29H30N4O7/c1-5-6-7-20-18-24(32-27(31-20)14-15-30-32)23(29(34)40-22-11-9-21(10-12-22)33(35)36)13-8-19-16-25(37-2)28(39-4)26(17-19)38-3/h9-18H,5-8H2,1-4H3/b23-13+. The van der Waals surface area contributed by atoms with Crippen molar-refractivity contribution in [1.29, 1.82) is 0 Å². The summed E-state index contributed by atoms with van der Waals surface area (Å²) in [5.74, 6) is 0.960.